The Morgan fingerprint density at radius 2 is 1.47 bits per heavy atom. The molecule has 2 nitrogen and oxygen atoms in total. The number of benzene rings is 2. The van der Waals surface area contributed by atoms with Crippen molar-refractivity contribution in [1.29, 1.82) is 0 Å². The maximum absolute atomic E-state index is 5.65. The van der Waals surface area contributed by atoms with Crippen LogP contribution in [0.3, 0.4) is 0 Å². The third kappa shape index (κ3) is 3.62. The summed E-state index contributed by atoms with van der Waals surface area (Å²) in [6.07, 6.45) is 0. The van der Waals surface area contributed by atoms with Crippen LogP contribution < -0.4 is 5.73 Å². The highest BCUT2D eigenvalue weighted by atomic mass is 16.5. The fourth-order valence-corrected chi connectivity index (χ4v) is 1.73. The molecule has 0 heterocycles. The molecule has 0 saturated carbocycles. The van der Waals surface area contributed by atoms with Crippen LogP contribution in [0.2, 0.25) is 0 Å². The van der Waals surface area contributed by atoms with Gasteiger partial charge in [-0.25, -0.2) is 0 Å². The van der Waals surface area contributed by atoms with Gasteiger partial charge in [-0.3, -0.25) is 0 Å². The van der Waals surface area contributed by atoms with E-state index in [1.54, 1.807) is 0 Å². The van der Waals surface area contributed by atoms with Crippen molar-refractivity contribution in [2.24, 2.45) is 5.73 Å². The first kappa shape index (κ1) is 13.2. The Morgan fingerprint density at radius 3 is 2.05 bits per heavy atom. The van der Waals surface area contributed by atoms with Crippen molar-refractivity contribution < 1.29 is 4.74 Å². The molecule has 2 rings (SSSR count). The lowest BCUT2D eigenvalue weighted by molar-refractivity contribution is 0.197. The Hall–Kier alpha value is -2.22. The van der Waals surface area contributed by atoms with Gasteiger partial charge in [-0.05, 0) is 30.5 Å². The first-order valence-electron chi connectivity index (χ1n) is 6.37. The molecule has 0 unspecified atom stereocenters. The number of nitrogens with two attached hydrogens (primary N) is 1. The minimum absolute atomic E-state index is 0.551. The molecule has 0 amide bonds. The molecule has 0 aromatic heterocycles. The number of allylic oxidation sites excluding steroid dienone is 2. The molecule has 0 bridgehead atoms. The van der Waals surface area contributed by atoms with Crippen LogP contribution in [-0.4, -0.2) is 0 Å². The summed E-state index contributed by atoms with van der Waals surface area (Å²) in [7, 11) is 0. The van der Waals surface area contributed by atoms with Crippen LogP contribution in [0, 0.1) is 0 Å². The Morgan fingerprint density at radius 1 is 0.895 bits per heavy atom. The van der Waals surface area contributed by atoms with Gasteiger partial charge in [0.25, 0.3) is 0 Å². The summed E-state index contributed by atoms with van der Waals surface area (Å²) < 4.78 is 5.59. The average Bonchev–Trinajstić information content (AvgIpc) is 2.46. The maximum atomic E-state index is 5.65. The second kappa shape index (κ2) is 6.10. The highest BCUT2D eigenvalue weighted by Gasteiger charge is 1.99. The molecule has 2 heteroatoms. The molecule has 2 aromatic carbocycles. The van der Waals surface area contributed by atoms with Crippen LogP contribution in [0.1, 0.15) is 19.4 Å². The van der Waals surface area contributed by atoms with Crippen molar-refractivity contribution in [3.8, 4) is 11.1 Å². The zero-order chi connectivity index (χ0) is 13.7. The van der Waals surface area contributed by atoms with E-state index in [-0.39, 0.29) is 0 Å². The van der Waals surface area contributed by atoms with Crippen LogP contribution in [0.5, 0.6) is 0 Å². The third-order valence-corrected chi connectivity index (χ3v) is 3.07. The fraction of sp³-hybridized carbons (Fsp3) is 0.176. The molecule has 0 atom stereocenters. The Labute approximate surface area is 114 Å². The van der Waals surface area contributed by atoms with Gasteiger partial charge >= 0.3 is 0 Å². The second-order valence-electron chi connectivity index (χ2n) is 4.59. The van der Waals surface area contributed by atoms with Crippen LogP contribution in [0.15, 0.2) is 66.1 Å². The van der Waals surface area contributed by atoms with E-state index in [2.05, 4.69) is 36.4 Å². The van der Waals surface area contributed by atoms with Gasteiger partial charge in [0, 0.05) is 5.70 Å². The van der Waals surface area contributed by atoms with E-state index >= 15 is 0 Å². The lowest BCUT2D eigenvalue weighted by atomic mass is 10.0. The molecule has 19 heavy (non-hydrogen) atoms. The molecular weight excluding hydrogens is 234 g/mol. The van der Waals surface area contributed by atoms with Crippen molar-refractivity contribution in [3.63, 3.8) is 0 Å². The molecule has 2 aromatic rings. The summed E-state index contributed by atoms with van der Waals surface area (Å²) in [5.41, 5.74) is 9.96. The molecule has 0 aliphatic rings. The molecule has 0 fully saturated rings. The van der Waals surface area contributed by atoms with Gasteiger partial charge in [-0.1, -0.05) is 54.6 Å². The van der Waals surface area contributed by atoms with Crippen molar-refractivity contribution in [1.82, 2.24) is 0 Å². The van der Waals surface area contributed by atoms with Gasteiger partial charge < -0.3 is 10.5 Å². The number of hydrogen-bond donors (Lipinski definition) is 1. The predicted molar refractivity (Wildman–Crippen MR) is 79.2 cm³/mol. The van der Waals surface area contributed by atoms with Gasteiger partial charge in [-0.2, -0.15) is 0 Å². The monoisotopic (exact) mass is 253 g/mol. The zero-order valence-corrected chi connectivity index (χ0v) is 11.4. The Balaban J connectivity index is 2.05. The minimum Gasteiger partial charge on any atom is -0.492 e. The molecule has 0 radical (unpaired) electrons. The highest BCUT2D eigenvalue weighted by Crippen LogP contribution is 2.19. The summed E-state index contributed by atoms with van der Waals surface area (Å²) in [4.78, 5) is 0. The van der Waals surface area contributed by atoms with Gasteiger partial charge in [0.2, 0.25) is 0 Å². The van der Waals surface area contributed by atoms with Crippen molar-refractivity contribution in [3.05, 3.63) is 71.6 Å². The number of ether oxygens (including phenoxy) is 1. The third-order valence-electron chi connectivity index (χ3n) is 3.07. The van der Waals surface area contributed by atoms with E-state index in [1.807, 2.05) is 32.0 Å². The zero-order valence-electron chi connectivity index (χ0n) is 11.4. The first-order chi connectivity index (χ1) is 9.16. The van der Waals surface area contributed by atoms with Gasteiger partial charge in [0.15, 0.2) is 0 Å². The molecule has 0 saturated heterocycles. The summed E-state index contributed by atoms with van der Waals surface area (Å²) in [5.74, 6) is 0.784. The van der Waals surface area contributed by atoms with E-state index in [0.29, 0.717) is 6.61 Å². The summed E-state index contributed by atoms with van der Waals surface area (Å²) in [6.45, 7) is 4.27. The molecule has 0 aliphatic heterocycles. The van der Waals surface area contributed by atoms with Crippen molar-refractivity contribution in [2.75, 3.05) is 0 Å². The minimum atomic E-state index is 0.551. The van der Waals surface area contributed by atoms with Crippen LogP contribution in [0.25, 0.3) is 11.1 Å². The Bertz CT molecular complexity index is 552. The van der Waals surface area contributed by atoms with Crippen LogP contribution in [-0.2, 0) is 11.3 Å². The molecule has 0 aliphatic carbocycles. The van der Waals surface area contributed by atoms with Crippen molar-refractivity contribution in [2.45, 2.75) is 20.5 Å². The summed E-state index contributed by atoms with van der Waals surface area (Å²) >= 11 is 0. The number of rotatable bonds is 4. The lowest BCUT2D eigenvalue weighted by Gasteiger charge is -2.08. The molecule has 0 spiro atoms. The normalized spacial score (nSPS) is 11.9. The van der Waals surface area contributed by atoms with Gasteiger partial charge in [0.1, 0.15) is 12.4 Å². The smallest absolute Gasteiger partial charge is 0.113 e. The average molecular weight is 253 g/mol. The summed E-state index contributed by atoms with van der Waals surface area (Å²) in [6, 6.07) is 18.7. The van der Waals surface area contributed by atoms with E-state index in [4.69, 9.17) is 10.5 Å². The van der Waals surface area contributed by atoms with Gasteiger partial charge in [0.05, 0.1) is 0 Å². The first-order valence-corrected chi connectivity index (χ1v) is 6.37. The second-order valence-corrected chi connectivity index (χ2v) is 4.59. The maximum Gasteiger partial charge on any atom is 0.113 e. The van der Waals surface area contributed by atoms with Gasteiger partial charge in [-0.15, -0.1) is 0 Å². The molecule has 98 valence electrons. The number of hydrogen-bond acceptors (Lipinski definition) is 2. The van der Waals surface area contributed by atoms with E-state index in [9.17, 15) is 0 Å². The Kier molecular flexibility index (Phi) is 4.24. The standard InChI is InChI=1S/C17H19NO/c1-13(18)14(2)19-12-15-8-10-17(11-9-15)16-6-4-3-5-7-16/h3-11H,12,18H2,1-2H3/b14-13-. The lowest BCUT2D eigenvalue weighted by Crippen LogP contribution is -1.99. The van der Waals surface area contributed by atoms with Crippen LogP contribution in [0.4, 0.5) is 0 Å². The van der Waals surface area contributed by atoms with Crippen LogP contribution >= 0.6 is 0 Å². The largest absolute Gasteiger partial charge is 0.492 e. The van der Waals surface area contributed by atoms with E-state index in [1.165, 1.54) is 11.1 Å². The van der Waals surface area contributed by atoms with E-state index in [0.717, 1.165) is 17.0 Å². The predicted octanol–water partition coefficient (Wildman–Crippen LogP) is 4.08. The summed E-state index contributed by atoms with van der Waals surface area (Å²) in [5, 5.41) is 0. The highest BCUT2D eigenvalue weighted by molar-refractivity contribution is 5.63. The van der Waals surface area contributed by atoms with Crippen molar-refractivity contribution >= 4 is 0 Å². The fourth-order valence-electron chi connectivity index (χ4n) is 1.73. The molecule has 2 N–H and O–H groups in total. The SMILES string of the molecule is C/C(N)=C(\C)OCc1ccc(-c2ccccc2)cc1. The molecular formula is C17H19NO. The van der Waals surface area contributed by atoms with E-state index < -0.39 is 0 Å². The quantitative estimate of drug-likeness (QED) is 0.833. The topological polar surface area (TPSA) is 35.2 Å².